The zero-order valence-electron chi connectivity index (χ0n) is 43.0. The third-order valence-electron chi connectivity index (χ3n) is 12.5. The molecule has 0 bridgehead atoms. The summed E-state index contributed by atoms with van der Waals surface area (Å²) in [6, 6.07) is 44.2. The number of benzene rings is 6. The zero-order chi connectivity index (χ0) is 48.9. The van der Waals surface area contributed by atoms with E-state index in [0.717, 1.165) is 49.8 Å². The first-order valence-corrected chi connectivity index (χ1v) is 22.5. The standard InChI is InChI=1S/C59H60FN4O.Pt/c1-37-16-14-19-52-55(37)63(44-29-40(57(5,6)7)28-41(30-44)58(8,9)10)36-62(52)43-17-15-18-45(32-43)65-46-25-26-47-48-31-42(60)24-27-51(48)64(53(47)33-46)54-34-50(59(11,12)13)49(35-61-54)38-20-22-39(23-21-38)56(2,3)4;/h14-31,34-36H,1-13H3;/q-3;/i1D3;. The Kier molecular flexibility index (Phi) is 11.0. The second-order valence-corrected chi connectivity index (χ2v) is 21.5. The molecule has 6 aromatic carbocycles. The normalized spacial score (nSPS) is 14.2. The molecule has 3 heterocycles. The van der Waals surface area contributed by atoms with Gasteiger partial charge in [0.15, 0.2) is 0 Å². The molecule has 5 nitrogen and oxygen atoms in total. The van der Waals surface area contributed by atoms with E-state index in [9.17, 15) is 4.39 Å². The summed E-state index contributed by atoms with van der Waals surface area (Å²) in [4.78, 5) is 9.06. The molecule has 0 atom stereocenters. The molecule has 1 aliphatic rings. The van der Waals surface area contributed by atoms with Crippen LogP contribution in [0.5, 0.6) is 11.5 Å². The van der Waals surface area contributed by atoms with E-state index in [2.05, 4.69) is 144 Å². The van der Waals surface area contributed by atoms with Crippen LogP contribution in [-0.4, -0.2) is 9.55 Å². The van der Waals surface area contributed by atoms with Gasteiger partial charge in [-0.1, -0.05) is 131 Å². The first-order chi connectivity index (χ1) is 31.8. The SMILES string of the molecule is [2H]C([2H])([2H])c1cccc2c1N(c1cc(C(C)(C)C)cc(C(C)(C)C)c1)[CH-]N2c1[c-]c(Oc2[c-]c3c(cc2)c2cc(F)ccc2n3-c2cc(C(C)(C)C)c(-c3ccc(C(C)(C)C)cc3)cn2)ccc1.[Pt]. The molecule has 9 rings (SSSR count). The summed E-state index contributed by atoms with van der Waals surface area (Å²) in [5.41, 5.74) is 10.9. The second-order valence-electron chi connectivity index (χ2n) is 21.5. The number of halogens is 1. The van der Waals surface area contributed by atoms with Crippen LogP contribution < -0.4 is 14.5 Å². The van der Waals surface area contributed by atoms with Gasteiger partial charge < -0.3 is 19.1 Å². The number of fused-ring (bicyclic) bond motifs is 4. The van der Waals surface area contributed by atoms with Gasteiger partial charge in [-0.15, -0.1) is 48.1 Å². The average molecular weight is 1060 g/mol. The number of aromatic nitrogens is 2. The Bertz CT molecular complexity index is 3210. The molecule has 0 N–H and O–H groups in total. The van der Waals surface area contributed by atoms with E-state index in [1.807, 2.05) is 63.6 Å². The molecule has 2 aromatic heterocycles. The number of ether oxygens (including phenoxy) is 1. The fourth-order valence-corrected chi connectivity index (χ4v) is 8.73. The summed E-state index contributed by atoms with van der Waals surface area (Å²) >= 11 is 0. The van der Waals surface area contributed by atoms with Crippen molar-refractivity contribution < 1.29 is 34.3 Å². The Morgan fingerprint density at radius 3 is 1.95 bits per heavy atom. The van der Waals surface area contributed by atoms with Crippen molar-refractivity contribution in [2.24, 2.45) is 0 Å². The second kappa shape index (κ2) is 16.9. The van der Waals surface area contributed by atoms with Gasteiger partial charge in [0, 0.05) is 71.0 Å². The van der Waals surface area contributed by atoms with E-state index in [0.29, 0.717) is 39.9 Å². The number of hydrogen-bond acceptors (Lipinski definition) is 4. The van der Waals surface area contributed by atoms with Gasteiger partial charge in [-0.2, -0.15) is 12.1 Å². The fraction of sp³-hybridized carbons (Fsp3) is 0.288. The van der Waals surface area contributed by atoms with Crippen molar-refractivity contribution in [1.29, 1.82) is 0 Å². The predicted molar refractivity (Wildman–Crippen MR) is 269 cm³/mol. The predicted octanol–water partition coefficient (Wildman–Crippen LogP) is 16.3. The van der Waals surface area contributed by atoms with E-state index in [1.54, 1.807) is 24.3 Å². The van der Waals surface area contributed by atoms with Crippen LogP contribution in [0.4, 0.5) is 27.1 Å². The number of pyridine rings is 1. The quantitative estimate of drug-likeness (QED) is 0.155. The molecule has 342 valence electrons. The molecule has 8 aromatic rings. The van der Waals surface area contributed by atoms with Crippen molar-refractivity contribution in [3.8, 4) is 28.4 Å². The van der Waals surface area contributed by atoms with Crippen LogP contribution in [0.15, 0.2) is 121 Å². The molecule has 0 amide bonds. The van der Waals surface area contributed by atoms with E-state index >= 15 is 0 Å². The van der Waals surface area contributed by atoms with Gasteiger partial charge in [-0.3, -0.25) is 0 Å². The summed E-state index contributed by atoms with van der Waals surface area (Å²) in [6.07, 6.45) is 1.95. The topological polar surface area (TPSA) is 33.5 Å². The number of anilines is 4. The summed E-state index contributed by atoms with van der Waals surface area (Å²) < 4.78 is 49.4. The minimum Gasteiger partial charge on any atom is -0.509 e. The van der Waals surface area contributed by atoms with Crippen molar-refractivity contribution in [2.75, 3.05) is 9.80 Å². The van der Waals surface area contributed by atoms with Crippen LogP contribution in [0.2, 0.25) is 0 Å². The maximum atomic E-state index is 15.0. The first kappa shape index (κ1) is 42.9. The largest absolute Gasteiger partial charge is 0.509 e. The number of rotatable bonds is 6. The molecule has 0 radical (unpaired) electrons. The Morgan fingerprint density at radius 2 is 1.30 bits per heavy atom. The summed E-state index contributed by atoms with van der Waals surface area (Å²) in [7, 11) is 0. The van der Waals surface area contributed by atoms with Crippen LogP contribution in [0, 0.1) is 31.5 Å². The Labute approximate surface area is 410 Å². The third-order valence-corrected chi connectivity index (χ3v) is 12.5. The molecule has 0 unspecified atom stereocenters. The molecular weight excluding hydrogens is 995 g/mol. The average Bonchev–Trinajstić information content (AvgIpc) is 3.80. The van der Waals surface area contributed by atoms with Gasteiger partial charge in [0.25, 0.3) is 0 Å². The van der Waals surface area contributed by atoms with Gasteiger partial charge in [0.2, 0.25) is 0 Å². The number of aryl methyl sites for hydroxylation is 1. The molecular formula is C59H60FN4OPt-3. The van der Waals surface area contributed by atoms with Crippen molar-refractivity contribution >= 4 is 44.6 Å². The Balaban J connectivity index is 0.00000642. The first-order valence-electron chi connectivity index (χ1n) is 24.0. The van der Waals surface area contributed by atoms with Crippen LogP contribution in [0.3, 0.4) is 0 Å². The number of hydrogen-bond donors (Lipinski definition) is 0. The number of nitrogens with zero attached hydrogens (tertiary/aromatic N) is 4. The summed E-state index contributed by atoms with van der Waals surface area (Å²) in [6.45, 7) is 26.0. The van der Waals surface area contributed by atoms with Crippen molar-refractivity contribution in [1.82, 2.24) is 9.55 Å². The maximum Gasteiger partial charge on any atom is 0.135 e. The maximum absolute atomic E-state index is 15.0. The van der Waals surface area contributed by atoms with E-state index < -0.39 is 6.85 Å². The smallest absolute Gasteiger partial charge is 0.135 e. The van der Waals surface area contributed by atoms with E-state index in [-0.39, 0.29) is 54.1 Å². The molecule has 66 heavy (non-hydrogen) atoms. The van der Waals surface area contributed by atoms with Crippen LogP contribution in [-0.2, 0) is 42.7 Å². The van der Waals surface area contributed by atoms with Crippen LogP contribution in [0.25, 0.3) is 38.8 Å². The summed E-state index contributed by atoms with van der Waals surface area (Å²) in [5.74, 6) is 1.23. The Hall–Kier alpha value is -5.71. The Morgan fingerprint density at radius 1 is 0.636 bits per heavy atom. The molecule has 0 saturated heterocycles. The zero-order valence-corrected chi connectivity index (χ0v) is 42.3. The molecule has 1 aliphatic heterocycles. The summed E-state index contributed by atoms with van der Waals surface area (Å²) in [5, 5.41) is 1.55. The fourth-order valence-electron chi connectivity index (χ4n) is 8.73. The van der Waals surface area contributed by atoms with E-state index in [4.69, 9.17) is 13.8 Å². The minimum atomic E-state index is -2.37. The molecule has 0 spiro atoms. The van der Waals surface area contributed by atoms with Gasteiger partial charge in [-0.05, 0) is 110 Å². The monoisotopic (exact) mass is 1060 g/mol. The van der Waals surface area contributed by atoms with Crippen molar-refractivity contribution in [2.45, 2.75) is 112 Å². The van der Waals surface area contributed by atoms with Gasteiger partial charge in [-0.25, -0.2) is 9.37 Å². The van der Waals surface area contributed by atoms with Crippen molar-refractivity contribution in [3.05, 3.63) is 174 Å². The van der Waals surface area contributed by atoms with E-state index in [1.165, 1.54) is 11.6 Å². The van der Waals surface area contributed by atoms with Crippen LogP contribution in [0.1, 0.15) is 115 Å². The number of para-hydroxylation sites is 1. The van der Waals surface area contributed by atoms with Crippen molar-refractivity contribution in [3.63, 3.8) is 0 Å². The molecule has 7 heteroatoms. The van der Waals surface area contributed by atoms with Gasteiger partial charge in [0.1, 0.15) is 11.6 Å². The third kappa shape index (κ3) is 8.82. The molecule has 0 saturated carbocycles. The molecule has 0 aliphatic carbocycles. The van der Waals surface area contributed by atoms with Gasteiger partial charge >= 0.3 is 0 Å². The molecule has 0 fully saturated rings. The van der Waals surface area contributed by atoms with Gasteiger partial charge in [0.05, 0.1) is 0 Å². The van der Waals surface area contributed by atoms with Crippen LogP contribution >= 0.6 is 0 Å². The minimum absolute atomic E-state index is 0.